The Morgan fingerprint density at radius 2 is 1.78 bits per heavy atom. The van der Waals surface area contributed by atoms with Gasteiger partial charge in [0, 0.05) is 12.8 Å². The fraction of sp³-hybridized carbons (Fsp3) is 0.500. The van der Waals surface area contributed by atoms with Crippen LogP contribution in [0.25, 0.3) is 0 Å². The maximum absolute atomic E-state index is 12.6. The number of benzene rings is 1. The molecule has 23 heavy (non-hydrogen) atoms. The summed E-state index contributed by atoms with van der Waals surface area (Å²) in [4.78, 5) is 22.0. The number of carboxylic acids is 1. The van der Waals surface area contributed by atoms with Crippen LogP contribution in [-0.4, -0.2) is 42.6 Å². The van der Waals surface area contributed by atoms with Crippen molar-refractivity contribution in [3.63, 3.8) is 0 Å². The highest BCUT2D eigenvalue weighted by Gasteiger charge is 2.38. The zero-order valence-corrected chi connectivity index (χ0v) is 14.3. The molecule has 7 heteroatoms. The average molecular weight is 342 g/mol. The van der Waals surface area contributed by atoms with Crippen LogP contribution in [0.5, 0.6) is 0 Å². The van der Waals surface area contributed by atoms with Gasteiger partial charge < -0.3 is 9.84 Å². The highest BCUT2D eigenvalue weighted by Crippen LogP contribution is 2.27. The SMILES string of the molecule is CC(=O)OCC(C)(C)S(=O)(=O)CC(CC(=O)O)c1ccccc1. The number of ether oxygens (including phenoxy) is 1. The molecule has 0 bridgehead atoms. The summed E-state index contributed by atoms with van der Waals surface area (Å²) in [5, 5.41) is 9.06. The third kappa shape index (κ3) is 5.67. The van der Waals surface area contributed by atoms with Gasteiger partial charge in [-0.2, -0.15) is 0 Å². The van der Waals surface area contributed by atoms with Crippen molar-refractivity contribution in [2.45, 2.75) is 37.9 Å². The predicted octanol–water partition coefficient (Wildman–Crippen LogP) is 2.00. The molecule has 0 saturated heterocycles. The van der Waals surface area contributed by atoms with E-state index in [0.717, 1.165) is 0 Å². The van der Waals surface area contributed by atoms with E-state index in [9.17, 15) is 18.0 Å². The van der Waals surface area contributed by atoms with Gasteiger partial charge in [-0.15, -0.1) is 0 Å². The van der Waals surface area contributed by atoms with Crippen LogP contribution in [0.3, 0.4) is 0 Å². The smallest absolute Gasteiger partial charge is 0.303 e. The molecule has 0 radical (unpaired) electrons. The van der Waals surface area contributed by atoms with Crippen LogP contribution >= 0.6 is 0 Å². The Morgan fingerprint density at radius 1 is 1.22 bits per heavy atom. The lowest BCUT2D eigenvalue weighted by Crippen LogP contribution is -2.40. The molecule has 0 saturated carbocycles. The van der Waals surface area contributed by atoms with E-state index in [0.29, 0.717) is 5.56 Å². The van der Waals surface area contributed by atoms with Crippen molar-refractivity contribution in [1.29, 1.82) is 0 Å². The summed E-state index contributed by atoms with van der Waals surface area (Å²) in [6, 6.07) is 8.67. The normalized spacial score (nSPS) is 13.3. The number of esters is 1. The summed E-state index contributed by atoms with van der Waals surface area (Å²) < 4.78 is 28.8. The van der Waals surface area contributed by atoms with Gasteiger partial charge in [0.25, 0.3) is 0 Å². The number of hydrogen-bond acceptors (Lipinski definition) is 5. The van der Waals surface area contributed by atoms with Crippen molar-refractivity contribution >= 4 is 21.8 Å². The van der Waals surface area contributed by atoms with Gasteiger partial charge in [0.15, 0.2) is 9.84 Å². The molecule has 0 aliphatic heterocycles. The standard InChI is InChI=1S/C16H22O6S/c1-12(17)22-11-16(2,3)23(20,21)10-14(9-15(18)19)13-7-5-4-6-8-13/h4-8,14H,9-11H2,1-3H3,(H,18,19). The number of hydrogen-bond donors (Lipinski definition) is 1. The lowest BCUT2D eigenvalue weighted by molar-refractivity contribution is -0.141. The molecule has 0 amide bonds. The van der Waals surface area contributed by atoms with Crippen LogP contribution in [0.1, 0.15) is 38.7 Å². The number of aliphatic carboxylic acids is 1. The van der Waals surface area contributed by atoms with E-state index in [1.165, 1.54) is 20.8 Å². The molecule has 1 atom stereocenters. The van der Waals surface area contributed by atoms with E-state index in [1.54, 1.807) is 30.3 Å². The first kappa shape index (κ1) is 19.2. The summed E-state index contributed by atoms with van der Waals surface area (Å²) in [6.07, 6.45) is -0.285. The largest absolute Gasteiger partial charge is 0.481 e. The summed E-state index contributed by atoms with van der Waals surface area (Å²) in [5.74, 6) is -2.60. The van der Waals surface area contributed by atoms with Crippen molar-refractivity contribution in [3.8, 4) is 0 Å². The first-order chi connectivity index (χ1) is 10.5. The Morgan fingerprint density at radius 3 is 2.26 bits per heavy atom. The third-order valence-electron chi connectivity index (χ3n) is 3.58. The molecule has 0 heterocycles. The molecule has 0 aliphatic carbocycles. The van der Waals surface area contributed by atoms with E-state index in [4.69, 9.17) is 9.84 Å². The highest BCUT2D eigenvalue weighted by molar-refractivity contribution is 7.92. The van der Waals surface area contributed by atoms with Crippen molar-refractivity contribution in [1.82, 2.24) is 0 Å². The quantitative estimate of drug-likeness (QED) is 0.726. The van der Waals surface area contributed by atoms with E-state index < -0.39 is 32.4 Å². The molecule has 1 N–H and O–H groups in total. The lowest BCUT2D eigenvalue weighted by Gasteiger charge is -2.26. The summed E-state index contributed by atoms with van der Waals surface area (Å²) in [7, 11) is -3.69. The molecule has 1 aromatic rings. The Labute approximate surface area is 136 Å². The highest BCUT2D eigenvalue weighted by atomic mass is 32.2. The van der Waals surface area contributed by atoms with Gasteiger partial charge in [0.05, 0.1) is 12.2 Å². The van der Waals surface area contributed by atoms with E-state index in [1.807, 2.05) is 0 Å². The molecule has 0 spiro atoms. The second kappa shape index (κ2) is 7.59. The van der Waals surface area contributed by atoms with Gasteiger partial charge in [-0.25, -0.2) is 8.42 Å². The van der Waals surface area contributed by atoms with Gasteiger partial charge in [-0.1, -0.05) is 30.3 Å². The maximum atomic E-state index is 12.6. The predicted molar refractivity (Wildman–Crippen MR) is 85.9 cm³/mol. The second-order valence-electron chi connectivity index (χ2n) is 6.03. The Hall–Kier alpha value is -1.89. The van der Waals surface area contributed by atoms with Crippen molar-refractivity contribution < 1.29 is 27.9 Å². The van der Waals surface area contributed by atoms with Crippen LogP contribution in [0.4, 0.5) is 0 Å². The number of carbonyl (C=O) groups excluding carboxylic acids is 1. The van der Waals surface area contributed by atoms with Gasteiger partial charge in [0.1, 0.15) is 11.4 Å². The Balaban J connectivity index is 3.01. The Kier molecular flexibility index (Phi) is 6.32. The summed E-state index contributed by atoms with van der Waals surface area (Å²) in [5.41, 5.74) is 0.654. The van der Waals surface area contributed by atoms with Crippen molar-refractivity contribution in [3.05, 3.63) is 35.9 Å². The molecular weight excluding hydrogens is 320 g/mol. The molecule has 1 unspecified atom stereocenters. The number of rotatable bonds is 8. The number of sulfone groups is 1. The minimum atomic E-state index is -3.69. The van der Waals surface area contributed by atoms with E-state index in [-0.39, 0.29) is 18.8 Å². The van der Waals surface area contributed by atoms with Gasteiger partial charge in [-0.05, 0) is 19.4 Å². The number of carboxylic acid groups (broad SMARTS) is 1. The monoisotopic (exact) mass is 342 g/mol. The first-order valence-electron chi connectivity index (χ1n) is 7.17. The second-order valence-corrected chi connectivity index (χ2v) is 8.69. The minimum absolute atomic E-state index is 0.265. The molecule has 6 nitrogen and oxygen atoms in total. The molecule has 1 rings (SSSR count). The van der Waals surface area contributed by atoms with Crippen LogP contribution < -0.4 is 0 Å². The van der Waals surface area contributed by atoms with Gasteiger partial charge >= 0.3 is 11.9 Å². The molecule has 128 valence electrons. The molecule has 0 aliphatic rings. The molecular formula is C16H22O6S. The Bertz CT molecular complexity index is 648. The van der Waals surface area contributed by atoms with Gasteiger partial charge in [0.2, 0.25) is 0 Å². The van der Waals surface area contributed by atoms with Crippen molar-refractivity contribution in [2.24, 2.45) is 0 Å². The molecule has 1 aromatic carbocycles. The fourth-order valence-corrected chi connectivity index (χ4v) is 3.59. The topological polar surface area (TPSA) is 97.7 Å². The van der Waals surface area contributed by atoms with Crippen LogP contribution in [0, 0.1) is 0 Å². The molecule has 0 aromatic heterocycles. The third-order valence-corrected chi connectivity index (χ3v) is 6.22. The first-order valence-corrected chi connectivity index (χ1v) is 8.83. The minimum Gasteiger partial charge on any atom is -0.481 e. The number of carbonyl (C=O) groups is 2. The van der Waals surface area contributed by atoms with Crippen LogP contribution in [-0.2, 0) is 24.2 Å². The zero-order valence-electron chi connectivity index (χ0n) is 13.5. The maximum Gasteiger partial charge on any atom is 0.303 e. The fourth-order valence-electron chi connectivity index (χ4n) is 2.06. The summed E-state index contributed by atoms with van der Waals surface area (Å²) in [6.45, 7) is 3.88. The zero-order chi connectivity index (χ0) is 17.7. The van der Waals surface area contributed by atoms with Crippen LogP contribution in [0.15, 0.2) is 30.3 Å². The van der Waals surface area contributed by atoms with Gasteiger partial charge in [-0.3, -0.25) is 9.59 Å². The van der Waals surface area contributed by atoms with Crippen molar-refractivity contribution in [2.75, 3.05) is 12.4 Å². The van der Waals surface area contributed by atoms with Crippen LogP contribution in [0.2, 0.25) is 0 Å². The van der Waals surface area contributed by atoms with E-state index in [2.05, 4.69) is 0 Å². The lowest BCUT2D eigenvalue weighted by atomic mass is 9.98. The van der Waals surface area contributed by atoms with E-state index >= 15 is 0 Å². The molecule has 0 fully saturated rings. The summed E-state index contributed by atoms with van der Waals surface area (Å²) >= 11 is 0. The average Bonchev–Trinajstić information content (AvgIpc) is 2.44.